The third kappa shape index (κ3) is 4.10. The molecule has 2 atom stereocenters. The lowest BCUT2D eigenvalue weighted by atomic mass is 9.85. The van der Waals surface area contributed by atoms with Crippen LogP contribution >= 0.6 is 0 Å². The molecule has 0 bridgehead atoms. The maximum atomic E-state index is 12.4. The molecule has 2 aromatic rings. The number of benzene rings is 2. The molecular formula is C22H28N4O3. The van der Waals surface area contributed by atoms with Crippen molar-refractivity contribution in [1.82, 2.24) is 4.90 Å². The number of nitro groups is 1. The van der Waals surface area contributed by atoms with E-state index >= 15 is 0 Å². The molecule has 7 nitrogen and oxygen atoms in total. The molecule has 1 aliphatic rings. The van der Waals surface area contributed by atoms with Gasteiger partial charge in [-0.05, 0) is 37.0 Å². The minimum Gasteiger partial charge on any atom is -0.379 e. The second-order valence-corrected chi connectivity index (χ2v) is 7.59. The molecule has 1 aliphatic heterocycles. The minimum atomic E-state index is -0.750. The maximum absolute atomic E-state index is 12.4. The molecule has 0 spiro atoms. The van der Waals surface area contributed by atoms with E-state index in [9.17, 15) is 14.9 Å². The fourth-order valence-corrected chi connectivity index (χ4v) is 4.06. The fraction of sp³-hybridized carbons (Fsp3) is 0.409. The van der Waals surface area contributed by atoms with Gasteiger partial charge in [0.25, 0.3) is 5.69 Å². The molecule has 154 valence electrons. The summed E-state index contributed by atoms with van der Waals surface area (Å²) in [6, 6.07) is 14.8. The maximum Gasteiger partial charge on any atom is 0.292 e. The molecule has 1 fully saturated rings. The summed E-state index contributed by atoms with van der Waals surface area (Å²) in [7, 11) is 0. The number of hydrogen-bond donors (Lipinski definition) is 2. The first-order valence-electron chi connectivity index (χ1n) is 10.0. The molecule has 2 unspecified atom stereocenters. The summed E-state index contributed by atoms with van der Waals surface area (Å²) in [4.78, 5) is 25.5. The molecule has 0 saturated carbocycles. The SMILES string of the molecule is CCC(=O)N1CCC(N)C1(C)c1ccc(NCCc2ccccc2)c([N+](=O)[O-])c1. The van der Waals surface area contributed by atoms with E-state index in [2.05, 4.69) is 5.32 Å². The van der Waals surface area contributed by atoms with E-state index < -0.39 is 5.54 Å². The molecule has 7 heteroatoms. The predicted octanol–water partition coefficient (Wildman–Crippen LogP) is 3.43. The molecule has 29 heavy (non-hydrogen) atoms. The first-order valence-corrected chi connectivity index (χ1v) is 10.0. The molecule has 0 radical (unpaired) electrons. The van der Waals surface area contributed by atoms with Crippen LogP contribution in [0.15, 0.2) is 48.5 Å². The number of carbonyl (C=O) groups is 1. The average molecular weight is 396 g/mol. The standard InChI is InChI=1S/C22H28N4O3/c1-3-21(27)25-14-12-20(23)22(25,2)17-9-10-18(19(15-17)26(28)29)24-13-11-16-7-5-4-6-8-16/h4-10,15,20,24H,3,11-14,23H2,1-2H3. The van der Waals surface area contributed by atoms with E-state index in [4.69, 9.17) is 5.73 Å². The van der Waals surface area contributed by atoms with Gasteiger partial charge in [-0.1, -0.05) is 43.3 Å². The Morgan fingerprint density at radius 2 is 2.03 bits per heavy atom. The Balaban J connectivity index is 1.85. The second kappa shape index (κ2) is 8.61. The number of carbonyl (C=O) groups excluding carboxylic acids is 1. The van der Waals surface area contributed by atoms with Gasteiger partial charge >= 0.3 is 0 Å². The Morgan fingerprint density at radius 1 is 1.31 bits per heavy atom. The van der Waals surface area contributed by atoms with Gasteiger partial charge in [-0.3, -0.25) is 14.9 Å². The monoisotopic (exact) mass is 396 g/mol. The van der Waals surface area contributed by atoms with Crippen LogP contribution in [0.5, 0.6) is 0 Å². The van der Waals surface area contributed by atoms with Crippen LogP contribution in [0.1, 0.15) is 37.8 Å². The van der Waals surface area contributed by atoms with Crippen LogP contribution < -0.4 is 11.1 Å². The molecule has 0 aliphatic carbocycles. The highest BCUT2D eigenvalue weighted by atomic mass is 16.6. The molecule has 1 heterocycles. The minimum absolute atomic E-state index is 0.000200. The number of amides is 1. The molecule has 1 amide bonds. The van der Waals surface area contributed by atoms with Crippen LogP contribution in [0, 0.1) is 10.1 Å². The lowest BCUT2D eigenvalue weighted by molar-refractivity contribution is -0.384. The summed E-state index contributed by atoms with van der Waals surface area (Å²) < 4.78 is 0. The van der Waals surface area contributed by atoms with E-state index in [0.29, 0.717) is 37.2 Å². The zero-order valence-corrected chi connectivity index (χ0v) is 16.9. The Hall–Kier alpha value is -2.93. The molecule has 0 aromatic heterocycles. The van der Waals surface area contributed by atoms with Gasteiger partial charge < -0.3 is 16.0 Å². The van der Waals surface area contributed by atoms with Crippen LogP contribution in [-0.4, -0.2) is 34.9 Å². The topological polar surface area (TPSA) is 102 Å². The van der Waals surface area contributed by atoms with E-state index in [-0.39, 0.29) is 22.6 Å². The van der Waals surface area contributed by atoms with Crippen LogP contribution in [0.2, 0.25) is 0 Å². The van der Waals surface area contributed by atoms with Crippen molar-refractivity contribution in [3.8, 4) is 0 Å². The van der Waals surface area contributed by atoms with E-state index in [1.54, 1.807) is 17.0 Å². The van der Waals surface area contributed by atoms with Gasteiger partial charge in [0.05, 0.1) is 10.5 Å². The quantitative estimate of drug-likeness (QED) is 0.551. The van der Waals surface area contributed by atoms with Gasteiger partial charge in [-0.15, -0.1) is 0 Å². The van der Waals surface area contributed by atoms with Gasteiger partial charge in [-0.2, -0.15) is 0 Å². The van der Waals surface area contributed by atoms with Crippen molar-refractivity contribution in [3.63, 3.8) is 0 Å². The Labute approximate surface area is 171 Å². The molecule has 3 N–H and O–H groups in total. The van der Waals surface area contributed by atoms with Gasteiger partial charge in [0.1, 0.15) is 5.69 Å². The predicted molar refractivity (Wildman–Crippen MR) is 114 cm³/mol. The zero-order chi connectivity index (χ0) is 21.0. The Kier molecular flexibility index (Phi) is 6.17. The fourth-order valence-electron chi connectivity index (χ4n) is 4.06. The van der Waals surface area contributed by atoms with Crippen LogP contribution in [0.4, 0.5) is 11.4 Å². The summed E-state index contributed by atoms with van der Waals surface area (Å²) in [6.07, 6.45) is 1.82. The van der Waals surface area contributed by atoms with Crippen molar-refractivity contribution in [1.29, 1.82) is 0 Å². The largest absolute Gasteiger partial charge is 0.379 e. The van der Waals surface area contributed by atoms with Crippen molar-refractivity contribution in [2.24, 2.45) is 5.73 Å². The van der Waals surface area contributed by atoms with Crippen LogP contribution in [0.3, 0.4) is 0 Å². The van der Waals surface area contributed by atoms with Crippen molar-refractivity contribution < 1.29 is 9.72 Å². The molecule has 2 aromatic carbocycles. The normalized spacial score (nSPS) is 21.2. The number of likely N-dealkylation sites (tertiary alicyclic amines) is 1. The van der Waals surface area contributed by atoms with E-state index in [1.807, 2.05) is 50.2 Å². The number of hydrogen-bond acceptors (Lipinski definition) is 5. The average Bonchev–Trinajstić information content (AvgIpc) is 3.04. The lowest BCUT2D eigenvalue weighted by Gasteiger charge is -2.38. The summed E-state index contributed by atoms with van der Waals surface area (Å²) in [5.41, 5.74) is 7.94. The summed E-state index contributed by atoms with van der Waals surface area (Å²) in [6.45, 7) is 4.87. The van der Waals surface area contributed by atoms with Gasteiger partial charge in [0.2, 0.25) is 5.91 Å². The first-order chi connectivity index (χ1) is 13.9. The van der Waals surface area contributed by atoms with Crippen molar-refractivity contribution in [2.45, 2.75) is 44.7 Å². The first kappa shape index (κ1) is 20.8. The van der Waals surface area contributed by atoms with E-state index in [1.165, 1.54) is 0 Å². The second-order valence-electron chi connectivity index (χ2n) is 7.59. The van der Waals surface area contributed by atoms with E-state index in [0.717, 1.165) is 12.0 Å². The number of nitrogens with two attached hydrogens (primary N) is 1. The number of nitro benzene ring substituents is 1. The smallest absolute Gasteiger partial charge is 0.292 e. The van der Waals surface area contributed by atoms with Gasteiger partial charge in [-0.25, -0.2) is 0 Å². The van der Waals surface area contributed by atoms with Gasteiger partial charge in [0, 0.05) is 31.6 Å². The molecule has 3 rings (SSSR count). The summed E-state index contributed by atoms with van der Waals surface area (Å²) in [5, 5.41) is 14.9. The molecular weight excluding hydrogens is 368 g/mol. The lowest BCUT2D eigenvalue weighted by Crippen LogP contribution is -2.50. The Bertz CT molecular complexity index is 887. The third-order valence-corrected chi connectivity index (χ3v) is 5.90. The third-order valence-electron chi connectivity index (χ3n) is 5.90. The summed E-state index contributed by atoms with van der Waals surface area (Å²) in [5.74, 6) is 0.00756. The number of nitrogens with zero attached hydrogens (tertiary/aromatic N) is 2. The number of anilines is 1. The number of rotatable bonds is 7. The highest BCUT2D eigenvalue weighted by molar-refractivity contribution is 5.78. The van der Waals surface area contributed by atoms with Crippen molar-refractivity contribution in [3.05, 3.63) is 69.8 Å². The highest BCUT2D eigenvalue weighted by Crippen LogP contribution is 2.40. The van der Waals surface area contributed by atoms with Crippen LogP contribution in [-0.2, 0) is 16.8 Å². The Morgan fingerprint density at radius 3 is 2.69 bits per heavy atom. The highest BCUT2D eigenvalue weighted by Gasteiger charge is 2.47. The van der Waals surface area contributed by atoms with Crippen LogP contribution in [0.25, 0.3) is 0 Å². The number of nitrogens with one attached hydrogen (secondary N) is 1. The van der Waals surface area contributed by atoms with Gasteiger partial charge in [0.15, 0.2) is 0 Å². The summed E-state index contributed by atoms with van der Waals surface area (Å²) >= 11 is 0. The van der Waals surface area contributed by atoms with Crippen molar-refractivity contribution in [2.75, 3.05) is 18.4 Å². The van der Waals surface area contributed by atoms with Crippen molar-refractivity contribution >= 4 is 17.3 Å². The molecule has 1 saturated heterocycles. The zero-order valence-electron chi connectivity index (χ0n) is 16.9.